The second kappa shape index (κ2) is 11.2. The molecule has 1 aromatic heterocycles. The predicted molar refractivity (Wildman–Crippen MR) is 145 cm³/mol. The molecule has 5 rings (SSSR count). The molecule has 1 fully saturated rings. The first-order valence-electron chi connectivity index (χ1n) is 12.8. The Hall–Kier alpha value is -2.55. The van der Waals surface area contributed by atoms with E-state index in [0.717, 1.165) is 34.8 Å². The number of anilines is 1. The molecule has 1 atom stereocenters. The molecule has 192 valence electrons. The highest BCUT2D eigenvalue weighted by Gasteiger charge is 2.20. The SMILES string of the molecule is C[C@@H](CC1CCCCCC1)NCc1ccc(-c2ccc3c(c2)OCO3)cc1NS(=O)(=O)c1cccs1. The largest absolute Gasteiger partial charge is 0.454 e. The van der Waals surface area contributed by atoms with Gasteiger partial charge in [0.05, 0.1) is 5.69 Å². The number of nitrogens with one attached hydrogen (secondary N) is 2. The van der Waals surface area contributed by atoms with Gasteiger partial charge in [-0.3, -0.25) is 4.72 Å². The second-order valence-corrected chi connectivity index (χ2v) is 12.7. The molecule has 36 heavy (non-hydrogen) atoms. The average Bonchev–Trinajstić information content (AvgIpc) is 3.52. The molecule has 2 heterocycles. The van der Waals surface area contributed by atoms with E-state index in [9.17, 15) is 8.42 Å². The quantitative estimate of drug-likeness (QED) is 0.301. The normalized spacial score (nSPS) is 17.0. The molecule has 1 aliphatic heterocycles. The maximum absolute atomic E-state index is 13.1. The lowest BCUT2D eigenvalue weighted by Crippen LogP contribution is -2.28. The summed E-state index contributed by atoms with van der Waals surface area (Å²) in [5.74, 6) is 2.20. The summed E-state index contributed by atoms with van der Waals surface area (Å²) in [6.45, 7) is 3.05. The third-order valence-corrected chi connectivity index (χ3v) is 9.89. The molecule has 3 aromatic rings. The molecule has 2 aliphatic rings. The number of ether oxygens (including phenoxy) is 2. The predicted octanol–water partition coefficient (Wildman–Crippen LogP) is 6.78. The van der Waals surface area contributed by atoms with E-state index < -0.39 is 10.0 Å². The highest BCUT2D eigenvalue weighted by molar-refractivity contribution is 7.94. The van der Waals surface area contributed by atoms with Crippen LogP contribution in [0.15, 0.2) is 58.1 Å². The number of hydrogen-bond donors (Lipinski definition) is 2. The highest BCUT2D eigenvalue weighted by atomic mass is 32.2. The van der Waals surface area contributed by atoms with Gasteiger partial charge in [0.2, 0.25) is 6.79 Å². The molecule has 0 amide bonds. The van der Waals surface area contributed by atoms with Crippen LogP contribution in [0.3, 0.4) is 0 Å². The van der Waals surface area contributed by atoms with E-state index in [1.165, 1.54) is 49.9 Å². The minimum atomic E-state index is -3.67. The first-order chi connectivity index (χ1) is 17.5. The summed E-state index contributed by atoms with van der Waals surface area (Å²) in [5, 5.41) is 5.43. The number of benzene rings is 2. The van der Waals surface area contributed by atoms with Gasteiger partial charge < -0.3 is 14.8 Å². The van der Waals surface area contributed by atoms with Gasteiger partial charge in [-0.2, -0.15) is 0 Å². The summed E-state index contributed by atoms with van der Waals surface area (Å²) in [6.07, 6.45) is 9.21. The first-order valence-corrected chi connectivity index (χ1v) is 15.2. The van der Waals surface area contributed by atoms with E-state index in [1.807, 2.05) is 36.4 Å². The van der Waals surface area contributed by atoms with Gasteiger partial charge in [0.25, 0.3) is 10.0 Å². The van der Waals surface area contributed by atoms with Gasteiger partial charge in [0.15, 0.2) is 11.5 Å². The monoisotopic (exact) mass is 526 g/mol. The van der Waals surface area contributed by atoms with Crippen molar-refractivity contribution in [1.29, 1.82) is 0 Å². The zero-order valence-corrected chi connectivity index (χ0v) is 22.3. The summed E-state index contributed by atoms with van der Waals surface area (Å²) in [7, 11) is -3.67. The Bertz CT molecular complexity index is 1270. The molecule has 1 aliphatic carbocycles. The molecule has 2 aromatic carbocycles. The van der Waals surface area contributed by atoms with Gasteiger partial charge in [-0.15, -0.1) is 11.3 Å². The molecule has 6 nitrogen and oxygen atoms in total. The van der Waals surface area contributed by atoms with Crippen molar-refractivity contribution in [3.05, 3.63) is 59.5 Å². The van der Waals surface area contributed by atoms with Crippen LogP contribution >= 0.6 is 11.3 Å². The lowest BCUT2D eigenvalue weighted by Gasteiger charge is -2.21. The van der Waals surface area contributed by atoms with Crippen LogP contribution in [-0.2, 0) is 16.6 Å². The second-order valence-electron chi connectivity index (χ2n) is 9.85. The van der Waals surface area contributed by atoms with Crippen molar-refractivity contribution >= 4 is 27.0 Å². The topological polar surface area (TPSA) is 76.7 Å². The van der Waals surface area contributed by atoms with Crippen LogP contribution in [0.2, 0.25) is 0 Å². The Balaban J connectivity index is 1.36. The van der Waals surface area contributed by atoms with Crippen molar-refractivity contribution in [2.45, 2.75) is 68.7 Å². The van der Waals surface area contributed by atoms with E-state index >= 15 is 0 Å². The first kappa shape index (κ1) is 25.1. The van der Waals surface area contributed by atoms with Crippen LogP contribution < -0.4 is 19.5 Å². The van der Waals surface area contributed by atoms with E-state index in [2.05, 4.69) is 17.0 Å². The van der Waals surface area contributed by atoms with E-state index in [-0.39, 0.29) is 6.79 Å². The van der Waals surface area contributed by atoms with Crippen molar-refractivity contribution in [3.63, 3.8) is 0 Å². The van der Waals surface area contributed by atoms with Gasteiger partial charge in [-0.1, -0.05) is 62.8 Å². The summed E-state index contributed by atoms with van der Waals surface area (Å²) in [6, 6.07) is 15.5. The Morgan fingerprint density at radius 2 is 1.72 bits per heavy atom. The lowest BCUT2D eigenvalue weighted by molar-refractivity contribution is 0.174. The maximum atomic E-state index is 13.1. The van der Waals surface area contributed by atoms with Crippen LogP contribution in [0.4, 0.5) is 5.69 Å². The molecule has 0 unspecified atom stereocenters. The zero-order chi connectivity index (χ0) is 25.0. The van der Waals surface area contributed by atoms with Crippen LogP contribution in [0.5, 0.6) is 11.5 Å². The maximum Gasteiger partial charge on any atom is 0.271 e. The molecule has 0 bridgehead atoms. The van der Waals surface area contributed by atoms with Gasteiger partial charge >= 0.3 is 0 Å². The molecule has 0 saturated heterocycles. The Morgan fingerprint density at radius 3 is 2.50 bits per heavy atom. The highest BCUT2D eigenvalue weighted by Crippen LogP contribution is 2.37. The average molecular weight is 527 g/mol. The Morgan fingerprint density at radius 1 is 0.972 bits per heavy atom. The molecule has 8 heteroatoms. The van der Waals surface area contributed by atoms with Crippen molar-refractivity contribution in [1.82, 2.24) is 5.32 Å². The number of hydrogen-bond acceptors (Lipinski definition) is 6. The van der Waals surface area contributed by atoms with Crippen molar-refractivity contribution in [2.24, 2.45) is 5.92 Å². The number of fused-ring (bicyclic) bond motifs is 1. The minimum Gasteiger partial charge on any atom is -0.454 e. The number of sulfonamides is 1. The number of thiophene rings is 1. The Labute approximate surface area is 218 Å². The van der Waals surface area contributed by atoms with Crippen LogP contribution in [-0.4, -0.2) is 21.3 Å². The van der Waals surface area contributed by atoms with Crippen LogP contribution in [0, 0.1) is 5.92 Å². The number of rotatable bonds is 9. The molecule has 1 saturated carbocycles. The van der Waals surface area contributed by atoms with E-state index in [4.69, 9.17) is 9.47 Å². The van der Waals surface area contributed by atoms with Gasteiger partial charge in [0.1, 0.15) is 4.21 Å². The summed E-state index contributed by atoms with van der Waals surface area (Å²) < 4.78 is 40.3. The fourth-order valence-corrected chi connectivity index (χ4v) is 7.24. The van der Waals surface area contributed by atoms with Crippen molar-refractivity contribution in [3.8, 4) is 22.6 Å². The van der Waals surface area contributed by atoms with Crippen molar-refractivity contribution in [2.75, 3.05) is 11.5 Å². The van der Waals surface area contributed by atoms with Gasteiger partial charge in [0, 0.05) is 12.6 Å². The smallest absolute Gasteiger partial charge is 0.271 e. The fraction of sp³-hybridized carbons (Fsp3) is 0.429. The molecule has 2 N–H and O–H groups in total. The molecule has 0 spiro atoms. The third kappa shape index (κ3) is 6.05. The van der Waals surface area contributed by atoms with Gasteiger partial charge in [-0.05, 0) is 65.6 Å². The minimum absolute atomic E-state index is 0.217. The standard InChI is InChI=1S/C28H34N2O4S2/c1-20(15-21-7-4-2-3-5-8-21)29-18-24-11-10-22(23-12-13-26-27(17-23)34-19-33-26)16-25(24)30-36(31,32)28-9-6-14-35-28/h6,9-14,16-17,20-21,29-30H,2-5,7-8,15,18-19H2,1H3/t20-/m0/s1. The third-order valence-electron chi connectivity index (χ3n) is 7.12. The molecule has 0 radical (unpaired) electrons. The van der Waals surface area contributed by atoms with Gasteiger partial charge in [-0.25, -0.2) is 8.42 Å². The fourth-order valence-electron chi connectivity index (χ4n) is 5.16. The molecular weight excluding hydrogens is 492 g/mol. The van der Waals surface area contributed by atoms with Crippen LogP contribution in [0.1, 0.15) is 57.4 Å². The summed E-state index contributed by atoms with van der Waals surface area (Å²) >= 11 is 1.21. The zero-order valence-electron chi connectivity index (χ0n) is 20.7. The summed E-state index contributed by atoms with van der Waals surface area (Å²) in [4.78, 5) is 0. The van der Waals surface area contributed by atoms with E-state index in [0.29, 0.717) is 28.2 Å². The molecular formula is C28H34N2O4S2. The Kier molecular flexibility index (Phi) is 7.84. The summed E-state index contributed by atoms with van der Waals surface area (Å²) in [5.41, 5.74) is 3.37. The van der Waals surface area contributed by atoms with Crippen LogP contribution in [0.25, 0.3) is 11.1 Å². The van der Waals surface area contributed by atoms with E-state index in [1.54, 1.807) is 17.5 Å². The van der Waals surface area contributed by atoms with Crippen molar-refractivity contribution < 1.29 is 17.9 Å². The lowest BCUT2D eigenvalue weighted by atomic mass is 9.93.